The summed E-state index contributed by atoms with van der Waals surface area (Å²) in [6.45, 7) is 3.20. The van der Waals surface area contributed by atoms with Crippen molar-refractivity contribution in [3.8, 4) is 17.3 Å². The molecule has 3 heterocycles. The quantitative estimate of drug-likeness (QED) is 0.392. The molecule has 1 atom stereocenters. The van der Waals surface area contributed by atoms with Gasteiger partial charge < -0.3 is 21.1 Å². The molecule has 35 heavy (non-hydrogen) atoms. The van der Waals surface area contributed by atoms with Crippen LogP contribution in [0.5, 0.6) is 0 Å². The van der Waals surface area contributed by atoms with E-state index in [0.717, 1.165) is 29.2 Å². The molecule has 1 amide bonds. The molecule has 1 aromatic carbocycles. The van der Waals surface area contributed by atoms with Crippen LogP contribution in [0.2, 0.25) is 0 Å². The molecule has 180 valence electrons. The number of fused-ring (bicyclic) bond motifs is 1. The summed E-state index contributed by atoms with van der Waals surface area (Å²) in [5.74, 6) is 1.48. The summed E-state index contributed by atoms with van der Waals surface area (Å²) in [5, 5.41) is 33.2. The molecular weight excluding hydrogens is 444 g/mol. The van der Waals surface area contributed by atoms with Gasteiger partial charge in [0.15, 0.2) is 5.69 Å². The zero-order valence-corrected chi connectivity index (χ0v) is 19.8. The van der Waals surface area contributed by atoms with E-state index in [1.54, 1.807) is 36.1 Å². The summed E-state index contributed by atoms with van der Waals surface area (Å²) < 4.78 is 1.79. The van der Waals surface area contributed by atoms with E-state index in [9.17, 15) is 15.2 Å². The maximum atomic E-state index is 12.2. The second-order valence-electron chi connectivity index (χ2n) is 9.47. The van der Waals surface area contributed by atoms with E-state index in [1.807, 2.05) is 13.0 Å². The van der Waals surface area contributed by atoms with Crippen molar-refractivity contribution < 1.29 is 9.90 Å². The van der Waals surface area contributed by atoms with Crippen LogP contribution in [0.3, 0.4) is 0 Å². The van der Waals surface area contributed by atoms with Gasteiger partial charge in [-0.1, -0.05) is 19.8 Å². The second kappa shape index (κ2) is 9.00. The monoisotopic (exact) mass is 472 g/mol. The molecule has 10 nitrogen and oxygen atoms in total. The van der Waals surface area contributed by atoms with Crippen LogP contribution in [0.25, 0.3) is 11.3 Å². The molecule has 0 spiro atoms. The van der Waals surface area contributed by atoms with Gasteiger partial charge in [-0.3, -0.25) is 4.79 Å². The van der Waals surface area contributed by atoms with Gasteiger partial charge in [0, 0.05) is 43.4 Å². The number of aliphatic hydroxyl groups excluding tert-OH is 1. The SMILES string of the molecule is CNC(=O)c1cc(Nc2nccc(-c3cc(C#N)c4c(c3)C(C)(CO)CN4)n2)n(CCC2CC2)n1. The average Bonchev–Trinajstić information content (AvgIpc) is 3.54. The number of benzene rings is 1. The van der Waals surface area contributed by atoms with E-state index < -0.39 is 5.41 Å². The summed E-state index contributed by atoms with van der Waals surface area (Å²) in [5.41, 5.74) is 3.44. The third-order valence-corrected chi connectivity index (χ3v) is 6.79. The van der Waals surface area contributed by atoms with Crippen LogP contribution in [-0.4, -0.2) is 51.0 Å². The summed E-state index contributed by atoms with van der Waals surface area (Å²) >= 11 is 0. The minimum Gasteiger partial charge on any atom is -0.395 e. The largest absolute Gasteiger partial charge is 0.395 e. The minimum absolute atomic E-state index is 0.0313. The van der Waals surface area contributed by atoms with Crippen LogP contribution in [0.1, 0.15) is 47.8 Å². The topological polar surface area (TPSA) is 141 Å². The molecule has 1 fully saturated rings. The number of carbonyl (C=O) groups is 1. The third-order valence-electron chi connectivity index (χ3n) is 6.79. The number of rotatable bonds is 8. The summed E-state index contributed by atoms with van der Waals surface area (Å²) in [6, 6.07) is 9.51. The van der Waals surface area contributed by atoms with Crippen molar-refractivity contribution >= 4 is 23.4 Å². The molecule has 5 rings (SSSR count). The summed E-state index contributed by atoms with van der Waals surface area (Å²) in [7, 11) is 1.58. The van der Waals surface area contributed by atoms with E-state index in [0.29, 0.717) is 41.8 Å². The lowest BCUT2D eigenvalue weighted by Crippen LogP contribution is -2.28. The number of nitriles is 1. The van der Waals surface area contributed by atoms with Gasteiger partial charge in [0.25, 0.3) is 5.91 Å². The molecule has 1 aliphatic carbocycles. The standard InChI is InChI=1S/C25H28N8O2/c1-25(14-34)13-29-22-17(12-26)9-16(10-18(22)25)19-5-7-28-24(30-19)31-21-11-20(23(35)27-2)32-33(21)8-6-15-3-4-15/h5,7,9-11,15,29,34H,3-4,6,8,13-14H2,1-2H3,(H,27,35)(H,28,30,31). The normalized spacial score (nSPS) is 18.5. The summed E-state index contributed by atoms with van der Waals surface area (Å²) in [6.07, 6.45) is 5.15. The fourth-order valence-corrected chi connectivity index (χ4v) is 4.40. The fourth-order valence-electron chi connectivity index (χ4n) is 4.40. The number of hydrogen-bond donors (Lipinski definition) is 4. The van der Waals surface area contributed by atoms with Gasteiger partial charge in [-0.05, 0) is 36.1 Å². The molecule has 0 radical (unpaired) electrons. The van der Waals surface area contributed by atoms with Gasteiger partial charge in [0.1, 0.15) is 11.9 Å². The van der Waals surface area contributed by atoms with Crippen LogP contribution >= 0.6 is 0 Å². The Balaban J connectivity index is 1.47. The van der Waals surface area contributed by atoms with Crippen molar-refractivity contribution in [2.24, 2.45) is 5.92 Å². The zero-order chi connectivity index (χ0) is 24.6. The minimum atomic E-state index is -0.477. The molecule has 3 aromatic rings. The van der Waals surface area contributed by atoms with Crippen LogP contribution in [0.15, 0.2) is 30.5 Å². The van der Waals surface area contributed by atoms with Crippen molar-refractivity contribution in [1.29, 1.82) is 5.26 Å². The molecule has 0 saturated heterocycles. The molecule has 1 aliphatic heterocycles. The Morgan fingerprint density at radius 3 is 2.91 bits per heavy atom. The highest BCUT2D eigenvalue weighted by atomic mass is 16.3. The van der Waals surface area contributed by atoms with Crippen molar-refractivity contribution in [2.45, 2.75) is 38.1 Å². The van der Waals surface area contributed by atoms with Gasteiger partial charge in [0.2, 0.25) is 5.95 Å². The molecule has 2 aromatic heterocycles. The van der Waals surface area contributed by atoms with Gasteiger partial charge in [-0.15, -0.1) is 0 Å². The number of aryl methyl sites for hydroxylation is 1. The Hall–Kier alpha value is -3.97. The third kappa shape index (κ3) is 4.42. The number of carbonyl (C=O) groups excluding carboxylic acids is 1. The number of aliphatic hydroxyl groups is 1. The first-order valence-electron chi connectivity index (χ1n) is 11.8. The molecule has 0 bridgehead atoms. The maximum Gasteiger partial charge on any atom is 0.271 e. The van der Waals surface area contributed by atoms with Gasteiger partial charge in [-0.25, -0.2) is 14.6 Å². The van der Waals surface area contributed by atoms with Crippen LogP contribution in [0.4, 0.5) is 17.5 Å². The molecule has 4 N–H and O–H groups in total. The Bertz CT molecular complexity index is 1320. The fraction of sp³-hybridized carbons (Fsp3) is 0.400. The lowest BCUT2D eigenvalue weighted by molar-refractivity contribution is 0.0957. The van der Waals surface area contributed by atoms with Crippen LogP contribution < -0.4 is 16.0 Å². The summed E-state index contributed by atoms with van der Waals surface area (Å²) in [4.78, 5) is 21.2. The Kier molecular flexibility index (Phi) is 5.86. The van der Waals surface area contributed by atoms with Gasteiger partial charge in [0.05, 0.1) is 23.6 Å². The van der Waals surface area contributed by atoms with Crippen molar-refractivity contribution in [2.75, 3.05) is 30.8 Å². The predicted molar refractivity (Wildman–Crippen MR) is 131 cm³/mol. The molecule has 10 heteroatoms. The average molecular weight is 473 g/mol. The number of aromatic nitrogens is 4. The number of hydrogen-bond acceptors (Lipinski definition) is 8. The van der Waals surface area contributed by atoms with Crippen LogP contribution in [0, 0.1) is 17.2 Å². The zero-order valence-electron chi connectivity index (χ0n) is 19.8. The number of nitrogens with zero attached hydrogens (tertiary/aromatic N) is 5. The van der Waals surface area contributed by atoms with E-state index in [2.05, 4.69) is 37.1 Å². The maximum absolute atomic E-state index is 12.2. The molecular formula is C25H28N8O2. The first-order valence-corrected chi connectivity index (χ1v) is 11.8. The highest BCUT2D eigenvalue weighted by molar-refractivity contribution is 5.93. The van der Waals surface area contributed by atoms with Crippen LogP contribution in [-0.2, 0) is 12.0 Å². The first-order chi connectivity index (χ1) is 16.9. The molecule has 1 saturated carbocycles. The molecule has 1 unspecified atom stereocenters. The Morgan fingerprint density at radius 1 is 1.37 bits per heavy atom. The number of nitrogens with one attached hydrogen (secondary N) is 3. The number of amides is 1. The van der Waals surface area contributed by atoms with Crippen molar-refractivity contribution in [3.05, 3.63) is 47.3 Å². The predicted octanol–water partition coefficient (Wildman–Crippen LogP) is 2.79. The smallest absolute Gasteiger partial charge is 0.271 e. The Morgan fingerprint density at radius 2 is 2.20 bits per heavy atom. The highest BCUT2D eigenvalue weighted by Gasteiger charge is 2.36. The van der Waals surface area contributed by atoms with E-state index >= 15 is 0 Å². The van der Waals surface area contributed by atoms with E-state index in [1.165, 1.54) is 12.8 Å². The molecule has 2 aliphatic rings. The lowest BCUT2D eigenvalue weighted by Gasteiger charge is -2.21. The lowest BCUT2D eigenvalue weighted by atomic mass is 9.83. The number of anilines is 3. The van der Waals surface area contributed by atoms with Crippen molar-refractivity contribution in [1.82, 2.24) is 25.1 Å². The van der Waals surface area contributed by atoms with E-state index in [-0.39, 0.29) is 12.5 Å². The van der Waals surface area contributed by atoms with Gasteiger partial charge in [-0.2, -0.15) is 10.4 Å². The Labute approximate surface area is 203 Å². The van der Waals surface area contributed by atoms with Crippen molar-refractivity contribution in [3.63, 3.8) is 0 Å². The highest BCUT2D eigenvalue weighted by Crippen LogP contribution is 2.41. The second-order valence-corrected chi connectivity index (χ2v) is 9.47. The first kappa shape index (κ1) is 22.8. The van der Waals surface area contributed by atoms with E-state index in [4.69, 9.17) is 0 Å². The van der Waals surface area contributed by atoms with Gasteiger partial charge >= 0.3 is 0 Å².